The van der Waals surface area contributed by atoms with Crippen molar-refractivity contribution in [1.29, 1.82) is 0 Å². The quantitative estimate of drug-likeness (QED) is 0.736. The molecular weight excluding hydrogens is 362 g/mol. The van der Waals surface area contributed by atoms with E-state index in [9.17, 15) is 4.79 Å². The lowest BCUT2D eigenvalue weighted by Crippen LogP contribution is -2.27. The molecule has 22 heavy (non-hydrogen) atoms. The van der Waals surface area contributed by atoms with E-state index in [0.717, 1.165) is 15.7 Å². The lowest BCUT2D eigenvalue weighted by molar-refractivity contribution is 0.0951. The van der Waals surface area contributed by atoms with Crippen LogP contribution in [0.4, 0.5) is 0 Å². The molecule has 0 fully saturated rings. The smallest absolute Gasteiger partial charge is 0.252 e. The van der Waals surface area contributed by atoms with Crippen molar-refractivity contribution < 1.29 is 4.79 Å². The monoisotopic (exact) mass is 375 g/mol. The van der Waals surface area contributed by atoms with Crippen LogP contribution in [0.1, 0.15) is 10.4 Å². The molecule has 0 saturated heterocycles. The predicted molar refractivity (Wildman–Crippen MR) is 92.0 cm³/mol. The summed E-state index contributed by atoms with van der Waals surface area (Å²) in [7, 11) is 0. The van der Waals surface area contributed by atoms with Crippen LogP contribution in [0.5, 0.6) is 0 Å². The summed E-state index contributed by atoms with van der Waals surface area (Å²) >= 11 is 5.04. The van der Waals surface area contributed by atoms with E-state index in [4.69, 9.17) is 0 Å². The Kier molecular flexibility index (Phi) is 4.70. The van der Waals surface area contributed by atoms with Crippen LogP contribution in [0.3, 0.4) is 0 Å². The van der Waals surface area contributed by atoms with Crippen LogP contribution in [0.15, 0.2) is 57.8 Å². The van der Waals surface area contributed by atoms with Gasteiger partial charge in [-0.15, -0.1) is 0 Å². The third-order valence-corrected chi connectivity index (χ3v) is 4.58. The van der Waals surface area contributed by atoms with Crippen LogP contribution >= 0.6 is 27.3 Å². The molecule has 0 radical (unpaired) electrons. The largest absolute Gasteiger partial charge is 0.350 e. The van der Waals surface area contributed by atoms with Gasteiger partial charge in [0.25, 0.3) is 5.91 Å². The molecule has 0 saturated carbocycles. The van der Waals surface area contributed by atoms with Gasteiger partial charge in [-0.05, 0) is 45.6 Å². The molecule has 4 nitrogen and oxygen atoms in total. The lowest BCUT2D eigenvalue weighted by atomic mass is 10.2. The highest BCUT2D eigenvalue weighted by atomic mass is 79.9. The first kappa shape index (κ1) is 15.0. The number of benzene rings is 1. The number of aromatic nitrogens is 2. The van der Waals surface area contributed by atoms with Crippen molar-refractivity contribution in [3.8, 4) is 11.3 Å². The van der Waals surface area contributed by atoms with Crippen molar-refractivity contribution in [2.75, 3.05) is 6.54 Å². The summed E-state index contributed by atoms with van der Waals surface area (Å²) in [6, 6.07) is 11.4. The minimum Gasteiger partial charge on any atom is -0.350 e. The summed E-state index contributed by atoms with van der Waals surface area (Å²) in [5, 5.41) is 11.5. The minimum atomic E-state index is -0.0855. The number of nitrogens with one attached hydrogen (secondary N) is 1. The van der Waals surface area contributed by atoms with Gasteiger partial charge in [0.2, 0.25) is 0 Å². The number of hydrogen-bond donors (Lipinski definition) is 1. The molecule has 0 aliphatic carbocycles. The molecule has 3 rings (SSSR count). The van der Waals surface area contributed by atoms with Gasteiger partial charge in [0.15, 0.2) is 0 Å². The SMILES string of the molecule is O=C(NCCn1ccc(-c2ccsc2)n1)c1ccccc1Br. The highest BCUT2D eigenvalue weighted by molar-refractivity contribution is 9.10. The van der Waals surface area contributed by atoms with Crippen LogP contribution in [-0.4, -0.2) is 22.2 Å². The van der Waals surface area contributed by atoms with E-state index in [-0.39, 0.29) is 5.91 Å². The lowest BCUT2D eigenvalue weighted by Gasteiger charge is -2.07. The first-order valence-electron chi connectivity index (χ1n) is 6.83. The first-order chi connectivity index (χ1) is 10.7. The molecule has 0 atom stereocenters. The minimum absolute atomic E-state index is 0.0855. The number of carbonyl (C=O) groups is 1. The molecule has 3 aromatic rings. The summed E-state index contributed by atoms with van der Waals surface area (Å²) in [5.41, 5.74) is 2.72. The molecule has 2 heterocycles. The molecule has 1 N–H and O–H groups in total. The van der Waals surface area contributed by atoms with E-state index in [0.29, 0.717) is 18.7 Å². The highest BCUT2D eigenvalue weighted by Crippen LogP contribution is 2.19. The van der Waals surface area contributed by atoms with Crippen molar-refractivity contribution in [2.24, 2.45) is 0 Å². The fourth-order valence-electron chi connectivity index (χ4n) is 2.07. The zero-order chi connectivity index (χ0) is 15.4. The maximum Gasteiger partial charge on any atom is 0.252 e. The molecule has 1 aromatic carbocycles. The van der Waals surface area contributed by atoms with Crippen LogP contribution < -0.4 is 5.32 Å². The molecule has 0 unspecified atom stereocenters. The van der Waals surface area contributed by atoms with Crippen molar-refractivity contribution >= 4 is 33.2 Å². The van der Waals surface area contributed by atoms with E-state index in [1.165, 1.54) is 0 Å². The number of nitrogens with zero attached hydrogens (tertiary/aromatic N) is 2. The topological polar surface area (TPSA) is 46.9 Å². The molecule has 0 bridgehead atoms. The summed E-state index contributed by atoms with van der Waals surface area (Å²) in [6.07, 6.45) is 1.93. The number of thiophene rings is 1. The van der Waals surface area contributed by atoms with Gasteiger partial charge in [0.1, 0.15) is 0 Å². The maximum atomic E-state index is 12.1. The maximum absolute atomic E-state index is 12.1. The number of carbonyl (C=O) groups excluding carboxylic acids is 1. The summed E-state index contributed by atoms with van der Waals surface area (Å²) in [4.78, 5) is 12.1. The highest BCUT2D eigenvalue weighted by Gasteiger charge is 2.08. The van der Waals surface area contributed by atoms with E-state index in [2.05, 4.69) is 31.7 Å². The summed E-state index contributed by atoms with van der Waals surface area (Å²) < 4.78 is 2.64. The average molecular weight is 376 g/mol. The normalized spacial score (nSPS) is 10.6. The van der Waals surface area contributed by atoms with Crippen molar-refractivity contribution in [3.05, 3.63) is 63.4 Å². The zero-order valence-corrected chi connectivity index (χ0v) is 14.1. The Labute approximate surface area is 140 Å². The van der Waals surface area contributed by atoms with Crippen LogP contribution in [0.2, 0.25) is 0 Å². The van der Waals surface area contributed by atoms with Gasteiger partial charge in [0.05, 0.1) is 17.8 Å². The van der Waals surface area contributed by atoms with Crippen molar-refractivity contribution in [3.63, 3.8) is 0 Å². The van der Waals surface area contributed by atoms with E-state index >= 15 is 0 Å². The molecule has 0 aliphatic heterocycles. The molecular formula is C16H14BrN3OS. The number of amides is 1. The van der Waals surface area contributed by atoms with Gasteiger partial charge in [-0.1, -0.05) is 12.1 Å². The molecule has 2 aromatic heterocycles. The zero-order valence-electron chi connectivity index (χ0n) is 11.7. The molecule has 6 heteroatoms. The Hall–Kier alpha value is -1.92. The Bertz CT molecular complexity index is 767. The summed E-state index contributed by atoms with van der Waals surface area (Å²) in [5.74, 6) is -0.0855. The third kappa shape index (κ3) is 3.45. The Morgan fingerprint density at radius 2 is 2.14 bits per heavy atom. The molecule has 0 spiro atoms. The van der Waals surface area contributed by atoms with Crippen LogP contribution in [0.25, 0.3) is 11.3 Å². The molecule has 0 aliphatic rings. The van der Waals surface area contributed by atoms with Crippen LogP contribution in [0, 0.1) is 0 Å². The van der Waals surface area contributed by atoms with E-state index in [1.807, 2.05) is 46.6 Å². The number of halogens is 1. The second-order valence-electron chi connectivity index (χ2n) is 4.71. The van der Waals surface area contributed by atoms with Crippen molar-refractivity contribution in [1.82, 2.24) is 15.1 Å². The molecule has 1 amide bonds. The predicted octanol–water partition coefficient (Wildman–Crippen LogP) is 3.80. The summed E-state index contributed by atoms with van der Waals surface area (Å²) in [6.45, 7) is 1.17. The van der Waals surface area contributed by atoms with E-state index in [1.54, 1.807) is 17.4 Å². The Morgan fingerprint density at radius 3 is 2.91 bits per heavy atom. The third-order valence-electron chi connectivity index (χ3n) is 3.20. The molecule has 112 valence electrons. The first-order valence-corrected chi connectivity index (χ1v) is 8.56. The van der Waals surface area contributed by atoms with Crippen molar-refractivity contribution in [2.45, 2.75) is 6.54 Å². The Morgan fingerprint density at radius 1 is 1.27 bits per heavy atom. The van der Waals surface area contributed by atoms with Gasteiger partial charge >= 0.3 is 0 Å². The van der Waals surface area contributed by atoms with Gasteiger partial charge in [-0.25, -0.2) is 0 Å². The van der Waals surface area contributed by atoms with Gasteiger partial charge in [-0.3, -0.25) is 9.48 Å². The Balaban J connectivity index is 1.55. The number of hydrogen-bond acceptors (Lipinski definition) is 3. The average Bonchev–Trinajstić information content (AvgIpc) is 3.18. The second-order valence-corrected chi connectivity index (χ2v) is 6.35. The standard InChI is InChI=1S/C16H14BrN3OS/c17-14-4-2-1-3-13(14)16(21)18-7-9-20-8-5-15(19-20)12-6-10-22-11-12/h1-6,8,10-11H,7,9H2,(H,18,21). The van der Waals surface area contributed by atoms with Crippen LogP contribution in [-0.2, 0) is 6.54 Å². The van der Waals surface area contributed by atoms with Gasteiger partial charge in [0, 0.05) is 28.2 Å². The number of rotatable bonds is 5. The fraction of sp³-hybridized carbons (Fsp3) is 0.125. The second kappa shape index (κ2) is 6.89. The van der Waals surface area contributed by atoms with Gasteiger partial charge < -0.3 is 5.32 Å². The fourth-order valence-corrected chi connectivity index (χ4v) is 3.19. The van der Waals surface area contributed by atoms with E-state index < -0.39 is 0 Å². The van der Waals surface area contributed by atoms with Gasteiger partial charge in [-0.2, -0.15) is 16.4 Å².